The third-order valence-corrected chi connectivity index (χ3v) is 2.62. The number of hydrogen-bond donors (Lipinski definition) is 0. The van der Waals surface area contributed by atoms with Crippen LogP contribution in [0.3, 0.4) is 0 Å². The van der Waals surface area contributed by atoms with Crippen molar-refractivity contribution in [3.63, 3.8) is 0 Å². The van der Waals surface area contributed by atoms with Gasteiger partial charge in [-0.05, 0) is 32.8 Å². The zero-order valence-electron chi connectivity index (χ0n) is 14.9. The van der Waals surface area contributed by atoms with Crippen molar-refractivity contribution >= 4 is 12.0 Å². The average molecular weight is 318 g/mol. The number of rotatable bonds is 4. The highest BCUT2D eigenvalue weighted by Crippen LogP contribution is 2.14. The van der Waals surface area contributed by atoms with Crippen LogP contribution in [0.4, 0.5) is 0 Å². The summed E-state index contributed by atoms with van der Waals surface area (Å²) < 4.78 is 9.78. The molecule has 0 N–H and O–H groups in total. The largest absolute Gasteiger partial charge is 0.457 e. The average Bonchev–Trinajstić information content (AvgIpc) is 3.32. The minimum Gasteiger partial charge on any atom is -0.457 e. The lowest BCUT2D eigenvalue weighted by atomic mass is 10.2. The van der Waals surface area contributed by atoms with Gasteiger partial charge in [-0.1, -0.05) is 62.9 Å². The van der Waals surface area contributed by atoms with Crippen LogP contribution in [-0.2, 0) is 14.3 Å². The Kier molecular flexibility index (Phi) is 10.7. The second-order valence-electron chi connectivity index (χ2n) is 6.10. The minimum absolute atomic E-state index is 0.373. The van der Waals surface area contributed by atoms with E-state index in [-0.39, 0.29) is 5.97 Å². The Morgan fingerprint density at radius 1 is 1.30 bits per heavy atom. The van der Waals surface area contributed by atoms with Gasteiger partial charge in [0.2, 0.25) is 0 Å². The van der Waals surface area contributed by atoms with E-state index in [1.54, 1.807) is 0 Å². The highest BCUT2D eigenvalue weighted by atomic mass is 16.6. The monoisotopic (exact) mass is 318 g/mol. The SMILES string of the molecule is C=CC(=O)OC(C)(C)C.C=Cc1ccccc1.CCCC1CO1. The fourth-order valence-corrected chi connectivity index (χ4v) is 1.49. The molecular formula is C20H30O3. The zero-order valence-corrected chi connectivity index (χ0v) is 14.9. The molecule has 0 amide bonds. The smallest absolute Gasteiger partial charge is 0.330 e. The van der Waals surface area contributed by atoms with Gasteiger partial charge in [-0.2, -0.15) is 0 Å². The predicted octanol–water partition coefficient (Wildman–Crippen LogP) is 5.03. The van der Waals surface area contributed by atoms with Crippen molar-refractivity contribution in [1.82, 2.24) is 0 Å². The first-order valence-electron chi connectivity index (χ1n) is 7.96. The Bertz CT molecular complexity index is 454. The Hall–Kier alpha value is -1.87. The molecule has 1 atom stereocenters. The number of hydrogen-bond acceptors (Lipinski definition) is 3. The van der Waals surface area contributed by atoms with Gasteiger partial charge in [0.1, 0.15) is 5.60 Å². The van der Waals surface area contributed by atoms with E-state index in [1.165, 1.54) is 18.4 Å². The summed E-state index contributed by atoms with van der Waals surface area (Å²) in [6, 6.07) is 10.0. The zero-order chi connectivity index (χ0) is 17.7. The molecule has 0 bridgehead atoms. The van der Waals surface area contributed by atoms with Gasteiger partial charge in [-0.15, -0.1) is 0 Å². The van der Waals surface area contributed by atoms with Crippen LogP contribution < -0.4 is 0 Å². The van der Waals surface area contributed by atoms with Crippen LogP contribution in [-0.4, -0.2) is 24.3 Å². The quantitative estimate of drug-likeness (QED) is 0.444. The number of ether oxygens (including phenoxy) is 2. The van der Waals surface area contributed by atoms with Crippen LogP contribution >= 0.6 is 0 Å². The van der Waals surface area contributed by atoms with Gasteiger partial charge in [0, 0.05) is 6.08 Å². The van der Waals surface area contributed by atoms with Crippen molar-refractivity contribution in [2.75, 3.05) is 6.61 Å². The van der Waals surface area contributed by atoms with E-state index in [1.807, 2.05) is 57.2 Å². The molecule has 3 nitrogen and oxygen atoms in total. The van der Waals surface area contributed by atoms with Crippen LogP contribution in [0.25, 0.3) is 6.08 Å². The van der Waals surface area contributed by atoms with Crippen molar-refractivity contribution < 1.29 is 14.3 Å². The molecule has 23 heavy (non-hydrogen) atoms. The molecule has 128 valence electrons. The standard InChI is InChI=1S/C8H8.C7H12O2.C5H10O/c1-2-8-6-4-3-5-7-8;1-5-6(8)9-7(2,3)4;1-2-3-5-4-6-5/h2-7H,1H2;5H,1H2,2-4H3;5H,2-4H2,1H3. The molecule has 1 aliphatic heterocycles. The van der Waals surface area contributed by atoms with Crippen LogP contribution in [0.1, 0.15) is 46.1 Å². The van der Waals surface area contributed by atoms with E-state index in [0.29, 0.717) is 6.10 Å². The molecule has 0 saturated carbocycles. The van der Waals surface area contributed by atoms with Gasteiger partial charge in [0.05, 0.1) is 12.7 Å². The highest BCUT2D eigenvalue weighted by Gasteiger charge is 2.19. The topological polar surface area (TPSA) is 38.8 Å². The fourth-order valence-electron chi connectivity index (χ4n) is 1.49. The van der Waals surface area contributed by atoms with E-state index in [4.69, 9.17) is 9.47 Å². The number of benzene rings is 1. The Morgan fingerprint density at radius 3 is 2.09 bits per heavy atom. The fraction of sp³-hybridized carbons (Fsp3) is 0.450. The second kappa shape index (κ2) is 11.7. The summed E-state index contributed by atoms with van der Waals surface area (Å²) in [5, 5.41) is 0. The Morgan fingerprint density at radius 2 is 1.87 bits per heavy atom. The first kappa shape index (κ1) is 21.1. The third-order valence-electron chi connectivity index (χ3n) is 2.62. The van der Waals surface area contributed by atoms with Crippen molar-refractivity contribution in [3.05, 3.63) is 55.1 Å². The lowest BCUT2D eigenvalue weighted by Gasteiger charge is -2.17. The summed E-state index contributed by atoms with van der Waals surface area (Å²) in [6.45, 7) is 15.5. The summed E-state index contributed by atoms with van der Waals surface area (Å²) in [4.78, 5) is 10.5. The minimum atomic E-state index is -0.398. The number of carbonyl (C=O) groups excluding carboxylic acids is 1. The van der Waals surface area contributed by atoms with Crippen molar-refractivity contribution in [3.8, 4) is 0 Å². The number of esters is 1. The maximum absolute atomic E-state index is 10.5. The molecule has 0 aliphatic carbocycles. The van der Waals surface area contributed by atoms with Crippen molar-refractivity contribution in [2.24, 2.45) is 0 Å². The summed E-state index contributed by atoms with van der Waals surface area (Å²) in [7, 11) is 0. The summed E-state index contributed by atoms with van der Waals surface area (Å²) in [6.07, 6.45) is 6.17. The van der Waals surface area contributed by atoms with Crippen LogP contribution in [0.2, 0.25) is 0 Å². The number of carbonyl (C=O) groups is 1. The van der Waals surface area contributed by atoms with E-state index in [9.17, 15) is 4.79 Å². The normalized spacial score (nSPS) is 15.0. The van der Waals surface area contributed by atoms with Gasteiger partial charge in [-0.25, -0.2) is 4.79 Å². The molecule has 1 saturated heterocycles. The Balaban J connectivity index is 0.000000321. The van der Waals surface area contributed by atoms with Crippen LogP contribution in [0, 0.1) is 0 Å². The third kappa shape index (κ3) is 14.8. The van der Waals surface area contributed by atoms with Gasteiger partial charge < -0.3 is 9.47 Å². The highest BCUT2D eigenvalue weighted by molar-refractivity contribution is 5.81. The molecule has 3 heteroatoms. The van der Waals surface area contributed by atoms with Gasteiger partial charge >= 0.3 is 5.97 Å². The molecule has 1 aliphatic rings. The maximum atomic E-state index is 10.5. The van der Waals surface area contributed by atoms with Crippen LogP contribution in [0.15, 0.2) is 49.6 Å². The molecule has 0 radical (unpaired) electrons. The molecule has 1 heterocycles. The summed E-state index contributed by atoms with van der Waals surface area (Å²) in [5.74, 6) is -0.373. The first-order valence-corrected chi connectivity index (χ1v) is 7.96. The van der Waals surface area contributed by atoms with Crippen LogP contribution in [0.5, 0.6) is 0 Å². The molecule has 1 aromatic rings. The molecular weight excluding hydrogens is 288 g/mol. The molecule has 1 fully saturated rings. The van der Waals surface area contributed by atoms with E-state index in [0.717, 1.165) is 12.7 Å². The predicted molar refractivity (Wildman–Crippen MR) is 97.2 cm³/mol. The summed E-state index contributed by atoms with van der Waals surface area (Å²) in [5.41, 5.74) is 0.776. The second-order valence-corrected chi connectivity index (χ2v) is 6.10. The van der Waals surface area contributed by atoms with E-state index < -0.39 is 5.60 Å². The van der Waals surface area contributed by atoms with Gasteiger partial charge in [-0.3, -0.25) is 0 Å². The molecule has 0 spiro atoms. The molecule has 1 aromatic carbocycles. The van der Waals surface area contributed by atoms with Crippen molar-refractivity contribution in [2.45, 2.75) is 52.2 Å². The lowest BCUT2D eigenvalue weighted by molar-refractivity contribution is -0.148. The summed E-state index contributed by atoms with van der Waals surface area (Å²) >= 11 is 0. The van der Waals surface area contributed by atoms with E-state index in [2.05, 4.69) is 20.1 Å². The van der Waals surface area contributed by atoms with Gasteiger partial charge in [0.15, 0.2) is 0 Å². The molecule has 1 unspecified atom stereocenters. The van der Waals surface area contributed by atoms with Gasteiger partial charge in [0.25, 0.3) is 0 Å². The first-order chi connectivity index (χ1) is 10.8. The number of epoxide rings is 1. The molecule has 0 aromatic heterocycles. The lowest BCUT2D eigenvalue weighted by Crippen LogP contribution is -2.22. The van der Waals surface area contributed by atoms with E-state index >= 15 is 0 Å². The van der Waals surface area contributed by atoms with Crippen molar-refractivity contribution in [1.29, 1.82) is 0 Å². The maximum Gasteiger partial charge on any atom is 0.330 e. The Labute approximate surface area is 141 Å². The molecule has 2 rings (SSSR count).